The molecule has 29 heavy (non-hydrogen) atoms. The molecule has 1 aliphatic heterocycles. The second kappa shape index (κ2) is 8.39. The number of carbonyl (C=O) groups is 2. The number of para-hydroxylation sites is 1. The van der Waals surface area contributed by atoms with Gasteiger partial charge < -0.3 is 18.9 Å². The van der Waals surface area contributed by atoms with Crippen molar-refractivity contribution in [2.24, 2.45) is 0 Å². The van der Waals surface area contributed by atoms with Crippen molar-refractivity contribution in [1.29, 1.82) is 0 Å². The zero-order chi connectivity index (χ0) is 21.0. The van der Waals surface area contributed by atoms with Crippen molar-refractivity contribution >= 4 is 17.8 Å². The van der Waals surface area contributed by atoms with E-state index in [1.54, 1.807) is 45.0 Å². The summed E-state index contributed by atoms with van der Waals surface area (Å²) in [6.45, 7) is 7.56. The summed E-state index contributed by atoms with van der Waals surface area (Å²) >= 11 is 0. The first kappa shape index (κ1) is 20.5. The molecule has 2 aromatic rings. The fraction of sp³-hybridized carbons (Fsp3) is 0.304. The zero-order valence-electron chi connectivity index (χ0n) is 17.0. The number of carbonyl (C=O) groups excluding carboxylic acids is 2. The first-order valence-electron chi connectivity index (χ1n) is 9.41. The third-order valence-corrected chi connectivity index (χ3v) is 3.92. The molecule has 0 saturated heterocycles. The van der Waals surface area contributed by atoms with Gasteiger partial charge in [0, 0.05) is 11.6 Å². The smallest absolute Gasteiger partial charge is 0.344 e. The molecule has 0 bridgehead atoms. The summed E-state index contributed by atoms with van der Waals surface area (Å²) in [7, 11) is 0. The van der Waals surface area contributed by atoms with Gasteiger partial charge in [0.15, 0.2) is 12.4 Å². The Morgan fingerprint density at radius 2 is 1.86 bits per heavy atom. The van der Waals surface area contributed by atoms with Gasteiger partial charge >= 0.3 is 5.97 Å². The lowest BCUT2D eigenvalue weighted by Gasteiger charge is -2.19. The molecule has 0 fully saturated rings. The Labute approximate surface area is 170 Å². The summed E-state index contributed by atoms with van der Waals surface area (Å²) in [4.78, 5) is 24.5. The van der Waals surface area contributed by atoms with Crippen LogP contribution in [0.5, 0.6) is 17.2 Å². The number of hydrogen-bond donors (Lipinski definition) is 0. The molecule has 0 N–H and O–H groups in total. The van der Waals surface area contributed by atoms with Crippen LogP contribution in [0.2, 0.25) is 0 Å². The average molecular weight is 396 g/mol. The number of Topliss-reactive ketones (excluding diaryl/α,β-unsaturated/α-hetero) is 1. The zero-order valence-corrected chi connectivity index (χ0v) is 17.0. The van der Waals surface area contributed by atoms with E-state index < -0.39 is 11.6 Å². The lowest BCUT2D eigenvalue weighted by Crippen LogP contribution is -2.27. The number of fused-ring (bicyclic) bond motifs is 1. The van der Waals surface area contributed by atoms with Crippen LogP contribution in [0.25, 0.3) is 6.08 Å². The minimum Gasteiger partial charge on any atom is -0.493 e. The highest BCUT2D eigenvalue weighted by molar-refractivity contribution is 6.14. The Morgan fingerprint density at radius 3 is 2.59 bits per heavy atom. The Bertz CT molecular complexity index is 952. The molecule has 0 aliphatic carbocycles. The standard InChI is InChI=1S/C23H24O6/c1-5-26-18-9-7-6-8-15(18)12-20-22(25)17-11-10-16(13-19(17)28-20)27-14-21(24)29-23(2,3)4/h6-13H,5,14H2,1-4H3. The highest BCUT2D eigenvalue weighted by Gasteiger charge is 2.28. The summed E-state index contributed by atoms with van der Waals surface area (Å²) in [6, 6.07) is 12.3. The van der Waals surface area contributed by atoms with Gasteiger partial charge in [-0.1, -0.05) is 18.2 Å². The van der Waals surface area contributed by atoms with E-state index in [1.165, 1.54) is 0 Å². The molecule has 0 atom stereocenters. The Hall–Kier alpha value is -3.28. The first-order chi connectivity index (χ1) is 13.8. The predicted molar refractivity (Wildman–Crippen MR) is 108 cm³/mol. The van der Waals surface area contributed by atoms with Gasteiger partial charge in [0.1, 0.15) is 22.8 Å². The van der Waals surface area contributed by atoms with Crippen molar-refractivity contribution in [1.82, 2.24) is 0 Å². The van der Waals surface area contributed by atoms with Crippen molar-refractivity contribution < 1.29 is 28.5 Å². The lowest BCUT2D eigenvalue weighted by molar-refractivity contribution is -0.157. The Kier molecular flexibility index (Phi) is 5.92. The third-order valence-electron chi connectivity index (χ3n) is 3.92. The quantitative estimate of drug-likeness (QED) is 0.532. The van der Waals surface area contributed by atoms with Crippen LogP contribution in [0, 0.1) is 0 Å². The van der Waals surface area contributed by atoms with Crippen LogP contribution in [-0.2, 0) is 9.53 Å². The van der Waals surface area contributed by atoms with Crippen LogP contribution in [0.15, 0.2) is 48.2 Å². The van der Waals surface area contributed by atoms with E-state index >= 15 is 0 Å². The number of esters is 1. The Balaban J connectivity index is 1.74. The molecule has 0 unspecified atom stereocenters. The van der Waals surface area contributed by atoms with Crippen molar-refractivity contribution in [3.63, 3.8) is 0 Å². The van der Waals surface area contributed by atoms with E-state index in [-0.39, 0.29) is 18.1 Å². The highest BCUT2D eigenvalue weighted by atomic mass is 16.6. The second-order valence-electron chi connectivity index (χ2n) is 7.44. The van der Waals surface area contributed by atoms with Crippen molar-refractivity contribution in [2.75, 3.05) is 13.2 Å². The predicted octanol–water partition coefficient (Wildman–Crippen LogP) is 4.42. The first-order valence-corrected chi connectivity index (χ1v) is 9.41. The van der Waals surface area contributed by atoms with Gasteiger partial charge in [-0.25, -0.2) is 4.79 Å². The lowest BCUT2D eigenvalue weighted by atomic mass is 10.1. The van der Waals surface area contributed by atoms with E-state index in [2.05, 4.69) is 0 Å². The molecule has 0 radical (unpaired) electrons. The van der Waals surface area contributed by atoms with Crippen LogP contribution in [-0.4, -0.2) is 30.6 Å². The molecule has 1 heterocycles. The van der Waals surface area contributed by atoms with E-state index in [0.29, 0.717) is 29.4 Å². The average Bonchev–Trinajstić information content (AvgIpc) is 2.95. The minimum absolute atomic E-state index is 0.205. The van der Waals surface area contributed by atoms with Crippen LogP contribution < -0.4 is 14.2 Å². The maximum atomic E-state index is 12.7. The number of ether oxygens (including phenoxy) is 4. The van der Waals surface area contributed by atoms with Crippen LogP contribution in [0.1, 0.15) is 43.6 Å². The molecule has 0 spiro atoms. The number of hydrogen-bond acceptors (Lipinski definition) is 6. The molecule has 6 heteroatoms. The van der Waals surface area contributed by atoms with E-state index in [1.807, 2.05) is 31.2 Å². The van der Waals surface area contributed by atoms with Gasteiger partial charge in [0.2, 0.25) is 5.78 Å². The van der Waals surface area contributed by atoms with Crippen LogP contribution >= 0.6 is 0 Å². The van der Waals surface area contributed by atoms with Crippen molar-refractivity contribution in [3.8, 4) is 17.2 Å². The second-order valence-corrected chi connectivity index (χ2v) is 7.44. The maximum absolute atomic E-state index is 12.7. The molecule has 2 aromatic carbocycles. The summed E-state index contributed by atoms with van der Waals surface area (Å²) in [5, 5.41) is 0. The number of rotatable bonds is 6. The van der Waals surface area contributed by atoms with Gasteiger partial charge in [-0.05, 0) is 52.0 Å². The van der Waals surface area contributed by atoms with Crippen LogP contribution in [0.3, 0.4) is 0 Å². The molecular formula is C23H24O6. The molecule has 0 aromatic heterocycles. The molecule has 152 valence electrons. The topological polar surface area (TPSA) is 71.1 Å². The fourth-order valence-corrected chi connectivity index (χ4v) is 2.80. The Morgan fingerprint density at radius 1 is 1.10 bits per heavy atom. The summed E-state index contributed by atoms with van der Waals surface area (Å²) < 4.78 is 22.0. The molecule has 6 nitrogen and oxygen atoms in total. The van der Waals surface area contributed by atoms with Gasteiger partial charge in [-0.3, -0.25) is 4.79 Å². The third kappa shape index (κ3) is 5.16. The van der Waals surface area contributed by atoms with Crippen LogP contribution in [0.4, 0.5) is 0 Å². The monoisotopic (exact) mass is 396 g/mol. The van der Waals surface area contributed by atoms with E-state index in [4.69, 9.17) is 18.9 Å². The molecule has 1 aliphatic rings. The minimum atomic E-state index is -0.578. The summed E-state index contributed by atoms with van der Waals surface area (Å²) in [6.07, 6.45) is 1.66. The van der Waals surface area contributed by atoms with Crippen molar-refractivity contribution in [3.05, 3.63) is 59.4 Å². The van der Waals surface area contributed by atoms with E-state index in [9.17, 15) is 9.59 Å². The summed E-state index contributed by atoms with van der Waals surface area (Å²) in [5.41, 5.74) is 0.618. The normalized spacial score (nSPS) is 14.3. The SMILES string of the molecule is CCOc1ccccc1C=C1Oc2cc(OCC(=O)OC(C)(C)C)ccc2C1=O. The highest BCUT2D eigenvalue weighted by Crippen LogP contribution is 2.35. The van der Waals surface area contributed by atoms with Gasteiger partial charge in [-0.15, -0.1) is 0 Å². The molecular weight excluding hydrogens is 372 g/mol. The molecule has 0 amide bonds. The van der Waals surface area contributed by atoms with Gasteiger partial charge in [0.25, 0.3) is 0 Å². The number of ketones is 1. The number of benzene rings is 2. The number of allylic oxidation sites excluding steroid dienone is 1. The fourth-order valence-electron chi connectivity index (χ4n) is 2.80. The molecule has 0 saturated carbocycles. The summed E-state index contributed by atoms with van der Waals surface area (Å²) in [5.74, 6) is 0.996. The molecule has 3 rings (SSSR count). The van der Waals surface area contributed by atoms with E-state index in [0.717, 1.165) is 5.56 Å². The van der Waals surface area contributed by atoms with Gasteiger partial charge in [-0.2, -0.15) is 0 Å². The van der Waals surface area contributed by atoms with Crippen molar-refractivity contribution in [2.45, 2.75) is 33.3 Å². The largest absolute Gasteiger partial charge is 0.493 e. The van der Waals surface area contributed by atoms with Gasteiger partial charge in [0.05, 0.1) is 12.2 Å². The maximum Gasteiger partial charge on any atom is 0.344 e.